The van der Waals surface area contributed by atoms with Gasteiger partial charge < -0.3 is 10.4 Å². The SMILES string of the molecule is CCc1ccc(Nc2ccnc(CO)n2)cc1. The van der Waals surface area contributed by atoms with Crippen LogP contribution in [0.25, 0.3) is 0 Å². The molecule has 1 heterocycles. The Kier molecular flexibility index (Phi) is 3.67. The summed E-state index contributed by atoms with van der Waals surface area (Å²) in [5.41, 5.74) is 2.28. The van der Waals surface area contributed by atoms with Gasteiger partial charge in [0.25, 0.3) is 0 Å². The van der Waals surface area contributed by atoms with E-state index in [1.54, 1.807) is 12.3 Å². The van der Waals surface area contributed by atoms with Crippen molar-refractivity contribution in [3.05, 3.63) is 47.9 Å². The fourth-order valence-electron chi connectivity index (χ4n) is 1.52. The average Bonchev–Trinajstić information content (AvgIpc) is 2.40. The van der Waals surface area contributed by atoms with Crippen molar-refractivity contribution in [1.82, 2.24) is 9.97 Å². The summed E-state index contributed by atoms with van der Waals surface area (Å²) in [6.45, 7) is 1.98. The highest BCUT2D eigenvalue weighted by atomic mass is 16.3. The number of aromatic nitrogens is 2. The van der Waals surface area contributed by atoms with E-state index in [0.29, 0.717) is 11.6 Å². The van der Waals surface area contributed by atoms with E-state index < -0.39 is 0 Å². The number of benzene rings is 1. The number of anilines is 2. The molecule has 0 spiro atoms. The molecule has 0 aliphatic heterocycles. The molecule has 0 radical (unpaired) electrons. The molecule has 17 heavy (non-hydrogen) atoms. The molecule has 1 aromatic heterocycles. The van der Waals surface area contributed by atoms with Crippen molar-refractivity contribution in [3.8, 4) is 0 Å². The Bertz CT molecular complexity index is 482. The third-order valence-corrected chi connectivity index (χ3v) is 2.48. The van der Waals surface area contributed by atoms with Gasteiger partial charge in [-0.25, -0.2) is 9.97 Å². The Morgan fingerprint density at radius 3 is 2.59 bits per heavy atom. The highest BCUT2D eigenvalue weighted by molar-refractivity contribution is 5.56. The molecular formula is C13H15N3O. The summed E-state index contributed by atoms with van der Waals surface area (Å²) >= 11 is 0. The summed E-state index contributed by atoms with van der Waals surface area (Å²) < 4.78 is 0. The molecule has 1 aromatic carbocycles. The number of aryl methyl sites for hydroxylation is 1. The van der Waals surface area contributed by atoms with Gasteiger partial charge in [0.15, 0.2) is 5.82 Å². The molecule has 0 unspecified atom stereocenters. The second-order valence-electron chi connectivity index (χ2n) is 3.69. The van der Waals surface area contributed by atoms with E-state index in [4.69, 9.17) is 5.11 Å². The van der Waals surface area contributed by atoms with Gasteiger partial charge in [-0.15, -0.1) is 0 Å². The summed E-state index contributed by atoms with van der Waals surface area (Å²) in [5.74, 6) is 1.11. The molecule has 4 heteroatoms. The van der Waals surface area contributed by atoms with Gasteiger partial charge in [-0.2, -0.15) is 0 Å². The van der Waals surface area contributed by atoms with Crippen molar-refractivity contribution in [2.24, 2.45) is 0 Å². The van der Waals surface area contributed by atoms with Crippen LogP contribution < -0.4 is 5.32 Å². The lowest BCUT2D eigenvalue weighted by Gasteiger charge is -2.06. The summed E-state index contributed by atoms with van der Waals surface area (Å²) in [7, 11) is 0. The van der Waals surface area contributed by atoms with Crippen molar-refractivity contribution in [1.29, 1.82) is 0 Å². The maximum Gasteiger partial charge on any atom is 0.156 e. The second-order valence-corrected chi connectivity index (χ2v) is 3.69. The first-order valence-electron chi connectivity index (χ1n) is 5.60. The fraction of sp³-hybridized carbons (Fsp3) is 0.231. The van der Waals surface area contributed by atoms with E-state index in [1.807, 2.05) is 12.1 Å². The van der Waals surface area contributed by atoms with Crippen molar-refractivity contribution in [2.45, 2.75) is 20.0 Å². The van der Waals surface area contributed by atoms with Crippen molar-refractivity contribution in [2.75, 3.05) is 5.32 Å². The largest absolute Gasteiger partial charge is 0.388 e. The van der Waals surface area contributed by atoms with Crippen molar-refractivity contribution in [3.63, 3.8) is 0 Å². The van der Waals surface area contributed by atoms with Gasteiger partial charge in [-0.3, -0.25) is 0 Å². The summed E-state index contributed by atoms with van der Waals surface area (Å²) in [6.07, 6.45) is 2.66. The van der Waals surface area contributed by atoms with Crippen molar-refractivity contribution < 1.29 is 5.11 Å². The van der Waals surface area contributed by atoms with Gasteiger partial charge in [0, 0.05) is 11.9 Å². The Labute approximate surface area is 100 Å². The zero-order valence-corrected chi connectivity index (χ0v) is 9.72. The van der Waals surface area contributed by atoms with Crippen LogP contribution in [0.4, 0.5) is 11.5 Å². The zero-order chi connectivity index (χ0) is 12.1. The number of hydrogen-bond donors (Lipinski definition) is 2. The molecular weight excluding hydrogens is 214 g/mol. The van der Waals surface area contributed by atoms with E-state index in [9.17, 15) is 0 Å². The van der Waals surface area contributed by atoms with Gasteiger partial charge in [0.1, 0.15) is 12.4 Å². The summed E-state index contributed by atoms with van der Waals surface area (Å²) in [4.78, 5) is 8.08. The van der Waals surface area contributed by atoms with E-state index in [2.05, 4.69) is 34.3 Å². The third kappa shape index (κ3) is 3.01. The number of nitrogens with one attached hydrogen (secondary N) is 1. The standard InChI is InChI=1S/C13H15N3O/c1-2-10-3-5-11(6-4-10)15-12-7-8-14-13(9-17)16-12/h3-8,17H,2,9H2,1H3,(H,14,15,16). The van der Waals surface area contributed by atoms with E-state index in [0.717, 1.165) is 12.1 Å². The third-order valence-electron chi connectivity index (χ3n) is 2.48. The Hall–Kier alpha value is -1.94. The van der Waals surface area contributed by atoms with Crippen LogP contribution in [-0.4, -0.2) is 15.1 Å². The van der Waals surface area contributed by atoms with Crippen LogP contribution in [0.2, 0.25) is 0 Å². The first-order valence-corrected chi connectivity index (χ1v) is 5.60. The first-order chi connectivity index (χ1) is 8.31. The minimum Gasteiger partial charge on any atom is -0.388 e. The quantitative estimate of drug-likeness (QED) is 0.844. The number of aliphatic hydroxyl groups is 1. The molecule has 2 N–H and O–H groups in total. The molecule has 0 aliphatic carbocycles. The molecule has 4 nitrogen and oxygen atoms in total. The minimum absolute atomic E-state index is 0.149. The van der Waals surface area contributed by atoms with E-state index in [1.165, 1.54) is 5.56 Å². The number of nitrogens with zero attached hydrogens (tertiary/aromatic N) is 2. The van der Waals surface area contributed by atoms with Crippen LogP contribution in [0.5, 0.6) is 0 Å². The average molecular weight is 229 g/mol. The highest BCUT2D eigenvalue weighted by Crippen LogP contribution is 2.15. The molecule has 2 rings (SSSR count). The first kappa shape index (κ1) is 11.5. The fourth-order valence-corrected chi connectivity index (χ4v) is 1.52. The Balaban J connectivity index is 2.13. The smallest absolute Gasteiger partial charge is 0.156 e. The van der Waals surface area contributed by atoms with Crippen LogP contribution in [0.1, 0.15) is 18.3 Å². The maximum absolute atomic E-state index is 8.94. The number of hydrogen-bond acceptors (Lipinski definition) is 4. The summed E-state index contributed by atoms with van der Waals surface area (Å²) in [6, 6.07) is 9.96. The van der Waals surface area contributed by atoms with Crippen molar-refractivity contribution >= 4 is 11.5 Å². The monoisotopic (exact) mass is 229 g/mol. The van der Waals surface area contributed by atoms with Crippen LogP contribution in [0, 0.1) is 0 Å². The second kappa shape index (κ2) is 5.41. The molecule has 0 saturated heterocycles. The molecule has 0 bridgehead atoms. The molecule has 0 aliphatic rings. The lowest BCUT2D eigenvalue weighted by molar-refractivity contribution is 0.271. The van der Waals surface area contributed by atoms with E-state index >= 15 is 0 Å². The van der Waals surface area contributed by atoms with Gasteiger partial charge in [0.05, 0.1) is 0 Å². The molecule has 0 fully saturated rings. The normalized spacial score (nSPS) is 10.2. The van der Waals surface area contributed by atoms with Crippen LogP contribution in [0.3, 0.4) is 0 Å². The maximum atomic E-state index is 8.94. The number of rotatable bonds is 4. The summed E-state index contributed by atoms with van der Waals surface area (Å²) in [5, 5.41) is 12.1. The Morgan fingerprint density at radius 1 is 1.18 bits per heavy atom. The molecule has 0 atom stereocenters. The molecule has 0 saturated carbocycles. The zero-order valence-electron chi connectivity index (χ0n) is 9.72. The highest BCUT2D eigenvalue weighted by Gasteiger charge is 1.98. The predicted molar refractivity (Wildman–Crippen MR) is 67.1 cm³/mol. The lowest BCUT2D eigenvalue weighted by atomic mass is 10.1. The van der Waals surface area contributed by atoms with Gasteiger partial charge >= 0.3 is 0 Å². The molecule has 0 amide bonds. The van der Waals surface area contributed by atoms with Gasteiger partial charge in [-0.1, -0.05) is 19.1 Å². The minimum atomic E-state index is -0.149. The topological polar surface area (TPSA) is 58.0 Å². The van der Waals surface area contributed by atoms with Crippen LogP contribution in [-0.2, 0) is 13.0 Å². The van der Waals surface area contributed by atoms with Gasteiger partial charge in [-0.05, 0) is 30.2 Å². The lowest BCUT2D eigenvalue weighted by Crippen LogP contribution is -1.99. The Morgan fingerprint density at radius 2 is 1.94 bits per heavy atom. The van der Waals surface area contributed by atoms with Crippen LogP contribution in [0.15, 0.2) is 36.5 Å². The predicted octanol–water partition coefficient (Wildman–Crippen LogP) is 2.27. The van der Waals surface area contributed by atoms with Gasteiger partial charge in [0.2, 0.25) is 0 Å². The molecule has 88 valence electrons. The van der Waals surface area contributed by atoms with E-state index in [-0.39, 0.29) is 6.61 Å². The molecule has 2 aromatic rings. The van der Waals surface area contributed by atoms with Crippen LogP contribution >= 0.6 is 0 Å². The number of aliphatic hydroxyl groups excluding tert-OH is 1.